The first kappa shape index (κ1) is 16.0. The lowest BCUT2D eigenvalue weighted by molar-refractivity contribution is 0.262. The molecule has 2 N–H and O–H groups in total. The smallest absolute Gasteiger partial charge is 0.0489 e. The molecule has 0 saturated carbocycles. The molecule has 0 radical (unpaired) electrons. The molecular formula is C17H30N2. The molecule has 0 saturated heterocycles. The van der Waals surface area contributed by atoms with E-state index < -0.39 is 0 Å². The van der Waals surface area contributed by atoms with E-state index in [0.29, 0.717) is 6.04 Å². The van der Waals surface area contributed by atoms with Crippen LogP contribution in [0.2, 0.25) is 0 Å². The number of rotatable bonds is 5. The van der Waals surface area contributed by atoms with Crippen LogP contribution in [0.5, 0.6) is 0 Å². The zero-order chi connectivity index (χ0) is 14.6. The van der Waals surface area contributed by atoms with Crippen LogP contribution in [0.4, 0.5) is 5.69 Å². The molecule has 19 heavy (non-hydrogen) atoms. The first-order valence-electron chi connectivity index (χ1n) is 7.40. The summed E-state index contributed by atoms with van der Waals surface area (Å²) >= 11 is 0. The number of hydrogen-bond donors (Lipinski definition) is 1. The molecule has 0 aromatic heterocycles. The fourth-order valence-corrected chi connectivity index (χ4v) is 2.91. The number of hydrogen-bond acceptors (Lipinski definition) is 2. The van der Waals surface area contributed by atoms with Crippen molar-refractivity contribution in [2.45, 2.75) is 60.0 Å². The highest BCUT2D eigenvalue weighted by Crippen LogP contribution is 2.31. The van der Waals surface area contributed by atoms with Gasteiger partial charge in [0.1, 0.15) is 0 Å². The van der Waals surface area contributed by atoms with Crippen molar-refractivity contribution >= 4 is 5.69 Å². The van der Waals surface area contributed by atoms with E-state index in [-0.39, 0.29) is 11.5 Å². The summed E-state index contributed by atoms with van der Waals surface area (Å²) in [5, 5.41) is 0. The van der Waals surface area contributed by atoms with Gasteiger partial charge in [-0.05, 0) is 43.4 Å². The Morgan fingerprint density at radius 2 is 1.84 bits per heavy atom. The Kier molecular flexibility index (Phi) is 5.42. The van der Waals surface area contributed by atoms with Crippen LogP contribution in [-0.4, -0.2) is 18.6 Å². The molecule has 0 fully saturated rings. The lowest BCUT2D eigenvalue weighted by atomic mass is 9.80. The Morgan fingerprint density at radius 1 is 1.21 bits per heavy atom. The monoisotopic (exact) mass is 262 g/mol. The highest BCUT2D eigenvalue weighted by Gasteiger charge is 2.34. The first-order valence-corrected chi connectivity index (χ1v) is 7.40. The average molecular weight is 262 g/mol. The van der Waals surface area contributed by atoms with Crippen molar-refractivity contribution < 1.29 is 0 Å². The van der Waals surface area contributed by atoms with Crippen LogP contribution in [-0.2, 0) is 0 Å². The lowest BCUT2D eigenvalue weighted by Gasteiger charge is -2.44. The van der Waals surface area contributed by atoms with Crippen molar-refractivity contribution in [3.05, 3.63) is 29.8 Å². The molecule has 0 amide bonds. The molecule has 1 aromatic rings. The zero-order valence-corrected chi connectivity index (χ0v) is 13.4. The Balaban J connectivity index is 3.17. The fraction of sp³-hybridized carbons (Fsp3) is 0.647. The van der Waals surface area contributed by atoms with Crippen LogP contribution < -0.4 is 10.6 Å². The van der Waals surface area contributed by atoms with Crippen molar-refractivity contribution in [2.75, 3.05) is 11.4 Å². The highest BCUT2D eigenvalue weighted by atomic mass is 15.2. The van der Waals surface area contributed by atoms with E-state index in [4.69, 9.17) is 5.73 Å². The predicted molar refractivity (Wildman–Crippen MR) is 85.7 cm³/mol. The third-order valence-electron chi connectivity index (χ3n) is 3.77. The van der Waals surface area contributed by atoms with Gasteiger partial charge in [0, 0.05) is 24.3 Å². The zero-order valence-electron chi connectivity index (χ0n) is 13.4. The summed E-state index contributed by atoms with van der Waals surface area (Å²) < 4.78 is 0. The maximum atomic E-state index is 6.41. The van der Waals surface area contributed by atoms with Gasteiger partial charge in [0.05, 0.1) is 0 Å². The topological polar surface area (TPSA) is 29.3 Å². The van der Waals surface area contributed by atoms with Crippen LogP contribution >= 0.6 is 0 Å². The molecule has 2 nitrogen and oxygen atoms in total. The molecule has 108 valence electrons. The SMILES string of the molecule is CCC(N)C(N(CC)c1cccc(C)c1)C(C)(C)C. The number of nitrogens with zero attached hydrogens (tertiary/aromatic N) is 1. The van der Waals surface area contributed by atoms with Crippen LogP contribution in [0.1, 0.15) is 46.6 Å². The second-order valence-electron chi connectivity index (χ2n) is 6.51. The van der Waals surface area contributed by atoms with Gasteiger partial charge in [-0.15, -0.1) is 0 Å². The number of aryl methyl sites for hydroxylation is 1. The van der Waals surface area contributed by atoms with Crippen LogP contribution in [0.15, 0.2) is 24.3 Å². The Morgan fingerprint density at radius 3 is 2.26 bits per heavy atom. The first-order chi connectivity index (χ1) is 8.81. The summed E-state index contributed by atoms with van der Waals surface area (Å²) in [5.41, 5.74) is 9.16. The van der Waals surface area contributed by atoms with E-state index >= 15 is 0 Å². The van der Waals surface area contributed by atoms with Crippen molar-refractivity contribution in [3.63, 3.8) is 0 Å². The van der Waals surface area contributed by atoms with E-state index in [1.807, 2.05) is 0 Å². The van der Waals surface area contributed by atoms with Crippen LogP contribution in [0.25, 0.3) is 0 Å². The third-order valence-corrected chi connectivity index (χ3v) is 3.77. The Bertz CT molecular complexity index is 392. The largest absolute Gasteiger partial charge is 0.367 e. The van der Waals surface area contributed by atoms with Gasteiger partial charge in [-0.1, -0.05) is 39.8 Å². The maximum absolute atomic E-state index is 6.41. The van der Waals surface area contributed by atoms with Gasteiger partial charge in [-0.3, -0.25) is 0 Å². The molecule has 0 aliphatic rings. The average Bonchev–Trinajstić information content (AvgIpc) is 2.33. The van der Waals surface area contributed by atoms with Crippen molar-refractivity contribution in [1.29, 1.82) is 0 Å². The highest BCUT2D eigenvalue weighted by molar-refractivity contribution is 5.50. The van der Waals surface area contributed by atoms with Crippen molar-refractivity contribution in [1.82, 2.24) is 0 Å². The molecular weight excluding hydrogens is 232 g/mol. The quantitative estimate of drug-likeness (QED) is 0.870. The molecule has 0 aliphatic carbocycles. The second-order valence-corrected chi connectivity index (χ2v) is 6.51. The molecule has 2 unspecified atom stereocenters. The van der Waals surface area contributed by atoms with Crippen molar-refractivity contribution in [2.24, 2.45) is 11.1 Å². The van der Waals surface area contributed by atoms with Gasteiger partial charge in [-0.25, -0.2) is 0 Å². The minimum Gasteiger partial charge on any atom is -0.367 e. The van der Waals surface area contributed by atoms with E-state index in [0.717, 1.165) is 13.0 Å². The van der Waals surface area contributed by atoms with Crippen molar-refractivity contribution in [3.8, 4) is 0 Å². The number of nitrogens with two attached hydrogens (primary N) is 1. The lowest BCUT2D eigenvalue weighted by Crippen LogP contribution is -2.54. The van der Waals surface area contributed by atoms with E-state index in [2.05, 4.69) is 70.7 Å². The normalized spacial score (nSPS) is 15.1. The summed E-state index contributed by atoms with van der Waals surface area (Å²) in [4.78, 5) is 2.46. The number of likely N-dealkylation sites (N-methyl/N-ethyl adjacent to an activating group) is 1. The summed E-state index contributed by atoms with van der Waals surface area (Å²) in [7, 11) is 0. The van der Waals surface area contributed by atoms with Crippen LogP contribution in [0.3, 0.4) is 0 Å². The summed E-state index contributed by atoms with van der Waals surface area (Å²) in [6.45, 7) is 14.4. The maximum Gasteiger partial charge on any atom is 0.0489 e. The molecule has 2 heteroatoms. The molecule has 1 aromatic carbocycles. The van der Waals surface area contributed by atoms with Gasteiger partial charge in [0.2, 0.25) is 0 Å². The Labute approximate surface area is 119 Å². The molecule has 1 rings (SSSR count). The summed E-state index contributed by atoms with van der Waals surface area (Å²) in [6.07, 6.45) is 1.00. The van der Waals surface area contributed by atoms with E-state index in [1.165, 1.54) is 11.3 Å². The predicted octanol–water partition coefficient (Wildman–Crippen LogP) is 3.97. The molecule has 0 heterocycles. The molecule has 0 bridgehead atoms. The standard InChI is InChI=1S/C17H30N2/c1-7-15(18)16(17(4,5)6)19(8-2)14-11-9-10-13(3)12-14/h9-12,15-16H,7-8,18H2,1-6H3. The number of benzene rings is 1. The molecule has 0 spiro atoms. The van der Waals surface area contributed by atoms with Gasteiger partial charge >= 0.3 is 0 Å². The Hall–Kier alpha value is -1.02. The third kappa shape index (κ3) is 3.97. The fourth-order valence-electron chi connectivity index (χ4n) is 2.91. The summed E-state index contributed by atoms with van der Waals surface area (Å²) in [6, 6.07) is 9.26. The minimum atomic E-state index is 0.162. The van der Waals surface area contributed by atoms with Gasteiger partial charge in [0.25, 0.3) is 0 Å². The van der Waals surface area contributed by atoms with Gasteiger partial charge in [0.15, 0.2) is 0 Å². The molecule has 2 atom stereocenters. The van der Waals surface area contributed by atoms with Crippen LogP contribution in [0, 0.1) is 12.3 Å². The summed E-state index contributed by atoms with van der Waals surface area (Å²) in [5.74, 6) is 0. The minimum absolute atomic E-state index is 0.162. The van der Waals surface area contributed by atoms with Gasteiger partial charge in [-0.2, -0.15) is 0 Å². The number of anilines is 1. The van der Waals surface area contributed by atoms with Gasteiger partial charge < -0.3 is 10.6 Å². The van der Waals surface area contributed by atoms with E-state index in [1.54, 1.807) is 0 Å². The van der Waals surface area contributed by atoms with E-state index in [9.17, 15) is 0 Å². The second kappa shape index (κ2) is 6.42. The molecule has 0 aliphatic heterocycles.